The third-order valence-corrected chi connectivity index (χ3v) is 5.53. The van der Waals surface area contributed by atoms with Gasteiger partial charge in [-0.2, -0.15) is 0 Å². The number of likely N-dealkylation sites (N-methyl/N-ethyl adjacent to an activating group) is 1. The Morgan fingerprint density at radius 3 is 2.16 bits per heavy atom. The number of phosphoric acid groups is 1. The first-order chi connectivity index (χ1) is 11.7. The second-order valence-electron chi connectivity index (χ2n) is 7.29. The molecule has 1 aromatic rings. The maximum absolute atomic E-state index is 11.7. The largest absolute Gasteiger partial charge is 0.472 e. The van der Waals surface area contributed by atoms with Gasteiger partial charge in [-0.05, 0) is 59.5 Å². The van der Waals surface area contributed by atoms with Crippen molar-refractivity contribution in [2.24, 2.45) is 0 Å². The lowest BCUT2D eigenvalue weighted by molar-refractivity contribution is -0.870. The molecule has 1 unspecified atom stereocenters. The first-order valence-corrected chi connectivity index (χ1v) is 11.4. The van der Waals surface area contributed by atoms with Gasteiger partial charge in [-0.3, -0.25) is 9.05 Å². The van der Waals surface area contributed by atoms with Crippen molar-refractivity contribution in [1.82, 2.24) is 0 Å². The van der Waals surface area contributed by atoms with Crippen molar-refractivity contribution in [1.29, 1.82) is 0 Å². The van der Waals surface area contributed by atoms with Gasteiger partial charge in [-0.1, -0.05) is 31.4 Å². The van der Waals surface area contributed by atoms with E-state index in [2.05, 4.69) is 46.9 Å². The molecule has 25 heavy (non-hydrogen) atoms. The number of unbranched alkanes of at least 4 members (excludes halogenated alkanes) is 4. The average Bonchev–Trinajstić information content (AvgIpc) is 2.50. The van der Waals surface area contributed by atoms with Crippen LogP contribution in [0, 0.1) is 3.57 Å². The lowest BCUT2D eigenvalue weighted by atomic mass is 10.1. The second-order valence-corrected chi connectivity index (χ2v) is 9.99. The molecule has 0 aromatic heterocycles. The monoisotopic (exact) mass is 484 g/mol. The Hall–Kier alpha value is 0.0200. The summed E-state index contributed by atoms with van der Waals surface area (Å²) in [4.78, 5) is 9.60. The Balaban J connectivity index is 2.00. The zero-order valence-corrected chi connectivity index (χ0v) is 18.7. The third-order valence-electron chi connectivity index (χ3n) is 3.79. The fourth-order valence-corrected chi connectivity index (χ4v) is 3.37. The second kappa shape index (κ2) is 11.7. The summed E-state index contributed by atoms with van der Waals surface area (Å²) < 4.78 is 23.7. The van der Waals surface area contributed by atoms with E-state index in [1.54, 1.807) is 0 Å². The van der Waals surface area contributed by atoms with Crippen LogP contribution in [0.2, 0.25) is 0 Å². The summed E-state index contributed by atoms with van der Waals surface area (Å²) in [7, 11) is 2.12. The molecule has 0 spiro atoms. The summed E-state index contributed by atoms with van der Waals surface area (Å²) in [5.41, 5.74) is 1.39. The molecule has 0 bridgehead atoms. The van der Waals surface area contributed by atoms with Crippen molar-refractivity contribution in [3.05, 3.63) is 33.4 Å². The molecule has 144 valence electrons. The Morgan fingerprint density at radius 1 is 0.960 bits per heavy atom. The first kappa shape index (κ1) is 23.1. The minimum Gasteiger partial charge on any atom is -0.329 e. The number of benzene rings is 1. The number of aryl methyl sites for hydroxylation is 1. The van der Waals surface area contributed by atoms with Crippen LogP contribution in [0.4, 0.5) is 0 Å². The predicted molar refractivity (Wildman–Crippen MR) is 111 cm³/mol. The molecule has 1 aromatic carbocycles. The Labute approximate surface area is 166 Å². The van der Waals surface area contributed by atoms with E-state index in [-0.39, 0.29) is 13.2 Å². The zero-order valence-electron chi connectivity index (χ0n) is 15.6. The summed E-state index contributed by atoms with van der Waals surface area (Å²) in [6, 6.07) is 8.66. The van der Waals surface area contributed by atoms with Crippen LogP contribution in [-0.2, 0) is 20.0 Å². The molecule has 7 heteroatoms. The first-order valence-electron chi connectivity index (χ1n) is 8.85. The van der Waals surface area contributed by atoms with Crippen LogP contribution in [-0.4, -0.2) is 50.3 Å². The van der Waals surface area contributed by atoms with E-state index < -0.39 is 7.82 Å². The van der Waals surface area contributed by atoms with Crippen molar-refractivity contribution >= 4 is 30.4 Å². The molecule has 1 atom stereocenters. The van der Waals surface area contributed by atoms with E-state index in [0.29, 0.717) is 11.0 Å². The number of halogens is 1. The van der Waals surface area contributed by atoms with Gasteiger partial charge in [0.1, 0.15) is 13.2 Å². The van der Waals surface area contributed by atoms with Crippen LogP contribution in [0.1, 0.15) is 37.7 Å². The maximum atomic E-state index is 11.7. The lowest BCUT2D eigenvalue weighted by Crippen LogP contribution is -2.37. The molecule has 5 nitrogen and oxygen atoms in total. The van der Waals surface area contributed by atoms with E-state index in [1.807, 2.05) is 21.1 Å². The van der Waals surface area contributed by atoms with Crippen LogP contribution in [0.25, 0.3) is 0 Å². The molecule has 0 fully saturated rings. The van der Waals surface area contributed by atoms with Crippen LogP contribution >= 0.6 is 30.4 Å². The van der Waals surface area contributed by atoms with Gasteiger partial charge in [0.25, 0.3) is 0 Å². The van der Waals surface area contributed by atoms with Gasteiger partial charge in [-0.15, -0.1) is 0 Å². The molecule has 1 rings (SSSR count). The quantitative estimate of drug-likeness (QED) is 0.192. The Bertz CT molecular complexity index is 531. The summed E-state index contributed by atoms with van der Waals surface area (Å²) in [6.07, 6.45) is 6.36. The van der Waals surface area contributed by atoms with Gasteiger partial charge in [0.15, 0.2) is 0 Å². The number of hydrogen-bond donors (Lipinski definition) is 1. The minimum atomic E-state index is -3.89. The molecule has 0 aliphatic carbocycles. The van der Waals surface area contributed by atoms with Gasteiger partial charge in [0.05, 0.1) is 27.7 Å². The van der Waals surface area contributed by atoms with E-state index in [4.69, 9.17) is 9.05 Å². The van der Waals surface area contributed by atoms with Gasteiger partial charge >= 0.3 is 7.82 Å². The molecule has 1 N–H and O–H groups in total. The van der Waals surface area contributed by atoms with Crippen LogP contribution < -0.4 is 0 Å². The smallest absolute Gasteiger partial charge is 0.329 e. The molecule has 0 aliphatic rings. The van der Waals surface area contributed by atoms with E-state index in [0.717, 1.165) is 25.7 Å². The highest BCUT2D eigenvalue weighted by Crippen LogP contribution is 2.43. The van der Waals surface area contributed by atoms with Crippen molar-refractivity contribution in [3.8, 4) is 0 Å². The normalized spacial score (nSPS) is 14.4. The van der Waals surface area contributed by atoms with Crippen molar-refractivity contribution < 1.29 is 23.0 Å². The summed E-state index contributed by atoms with van der Waals surface area (Å²) in [5.74, 6) is 0. The number of rotatable bonds is 13. The van der Waals surface area contributed by atoms with Gasteiger partial charge in [0, 0.05) is 3.57 Å². The Morgan fingerprint density at radius 2 is 1.52 bits per heavy atom. The van der Waals surface area contributed by atoms with Crippen molar-refractivity contribution in [2.45, 2.75) is 38.5 Å². The Kier molecular flexibility index (Phi) is 10.8. The molecule has 0 saturated carbocycles. The number of quaternary nitrogens is 1. The minimum absolute atomic E-state index is 0.218. The van der Waals surface area contributed by atoms with Gasteiger partial charge in [-0.25, -0.2) is 4.57 Å². The summed E-state index contributed by atoms with van der Waals surface area (Å²) in [6.45, 7) is 1.15. The fraction of sp³-hybridized carbons (Fsp3) is 0.667. The highest BCUT2D eigenvalue weighted by Gasteiger charge is 2.21. The molecule has 0 amide bonds. The average molecular weight is 484 g/mol. The van der Waals surface area contributed by atoms with Gasteiger partial charge < -0.3 is 9.38 Å². The van der Waals surface area contributed by atoms with E-state index in [9.17, 15) is 9.46 Å². The molecular weight excluding hydrogens is 452 g/mol. The van der Waals surface area contributed by atoms with Crippen molar-refractivity contribution in [2.75, 3.05) is 40.9 Å². The molecule has 0 saturated heterocycles. The number of nitrogens with zero attached hydrogens (tertiary/aromatic N) is 1. The SMILES string of the molecule is C[N+](C)(C)CCOP(=O)(O)OCCCCCCCc1ccc(I)cc1. The molecular formula is C18H32INO4P+. The molecule has 0 aliphatic heterocycles. The third kappa shape index (κ3) is 12.9. The summed E-state index contributed by atoms with van der Waals surface area (Å²) in [5, 5.41) is 0. The van der Waals surface area contributed by atoms with E-state index >= 15 is 0 Å². The van der Waals surface area contributed by atoms with E-state index in [1.165, 1.54) is 22.0 Å². The number of phosphoric ester groups is 1. The maximum Gasteiger partial charge on any atom is 0.472 e. The fourth-order valence-electron chi connectivity index (χ4n) is 2.26. The topological polar surface area (TPSA) is 55.8 Å². The standard InChI is InChI=1S/C18H31INO4P/c1-20(2,3)14-16-24-25(21,22)23-15-8-6-4-5-7-9-17-10-12-18(19)13-11-17/h10-13H,4-9,14-16H2,1-3H3/p+1. The molecule has 0 radical (unpaired) electrons. The van der Waals surface area contributed by atoms with Crippen LogP contribution in [0.5, 0.6) is 0 Å². The summed E-state index contributed by atoms with van der Waals surface area (Å²) >= 11 is 2.32. The van der Waals surface area contributed by atoms with Crippen LogP contribution in [0.3, 0.4) is 0 Å². The highest BCUT2D eigenvalue weighted by molar-refractivity contribution is 14.1. The molecule has 0 heterocycles. The predicted octanol–water partition coefficient (Wildman–Crippen LogP) is 4.62. The van der Waals surface area contributed by atoms with Gasteiger partial charge in [0.2, 0.25) is 0 Å². The van der Waals surface area contributed by atoms with Crippen LogP contribution in [0.15, 0.2) is 24.3 Å². The van der Waals surface area contributed by atoms with Crippen molar-refractivity contribution in [3.63, 3.8) is 0 Å². The number of hydrogen-bond acceptors (Lipinski definition) is 3. The lowest BCUT2D eigenvalue weighted by Gasteiger charge is -2.24. The highest BCUT2D eigenvalue weighted by atomic mass is 127. The zero-order chi connectivity index (χ0) is 18.8.